The minimum atomic E-state index is -0.260. The van der Waals surface area contributed by atoms with Gasteiger partial charge in [0.25, 0.3) is 0 Å². The fourth-order valence-electron chi connectivity index (χ4n) is 3.70. The molecule has 1 atom stereocenters. The first kappa shape index (κ1) is 15.4. The van der Waals surface area contributed by atoms with Gasteiger partial charge in [-0.3, -0.25) is 0 Å². The van der Waals surface area contributed by atoms with E-state index in [1.807, 2.05) is 6.07 Å². The lowest BCUT2D eigenvalue weighted by Gasteiger charge is -2.40. The van der Waals surface area contributed by atoms with Crippen LogP contribution in [0.15, 0.2) is 42.5 Å². The maximum Gasteiger partial charge on any atom is 0.125 e. The van der Waals surface area contributed by atoms with Crippen molar-refractivity contribution in [1.29, 1.82) is 0 Å². The van der Waals surface area contributed by atoms with E-state index >= 15 is 0 Å². The molecule has 2 aromatic rings. The highest BCUT2D eigenvalue weighted by Gasteiger charge is 2.26. The predicted octanol–water partition coefficient (Wildman–Crippen LogP) is 3.67. The number of hydrogen-bond donors (Lipinski definition) is 1. The van der Waals surface area contributed by atoms with Gasteiger partial charge in [-0.15, -0.1) is 0 Å². The third-order valence-electron chi connectivity index (χ3n) is 4.90. The number of nitrogens with one attached hydrogen (secondary N) is 1. The Morgan fingerprint density at radius 2 is 1.75 bits per heavy atom. The highest BCUT2D eigenvalue weighted by molar-refractivity contribution is 5.79. The summed E-state index contributed by atoms with van der Waals surface area (Å²) in [6, 6.07) is 11.8. The van der Waals surface area contributed by atoms with Crippen molar-refractivity contribution in [2.75, 3.05) is 36.0 Å². The molecular formula is C19H21F2N3. The van der Waals surface area contributed by atoms with Crippen LogP contribution in [0.5, 0.6) is 0 Å². The standard InChI is InChI=1S/C19H21F2N3/c20-14-3-6-17(7-4-14)24-11-10-23(13-16-2-1-9-22-16)18-8-5-15(21)12-19(18)24/h3-8,12,16,22H,1-2,9-11,13H2. The van der Waals surface area contributed by atoms with Gasteiger partial charge in [0.2, 0.25) is 0 Å². The Morgan fingerprint density at radius 1 is 0.958 bits per heavy atom. The molecule has 0 bridgehead atoms. The Morgan fingerprint density at radius 3 is 2.50 bits per heavy atom. The zero-order valence-electron chi connectivity index (χ0n) is 13.5. The summed E-state index contributed by atoms with van der Waals surface area (Å²) < 4.78 is 27.1. The van der Waals surface area contributed by atoms with Gasteiger partial charge in [-0.1, -0.05) is 0 Å². The molecule has 126 valence electrons. The second-order valence-electron chi connectivity index (χ2n) is 6.50. The van der Waals surface area contributed by atoms with Crippen LogP contribution >= 0.6 is 0 Å². The summed E-state index contributed by atoms with van der Waals surface area (Å²) in [5.74, 6) is -0.508. The molecule has 0 aliphatic carbocycles. The van der Waals surface area contributed by atoms with Gasteiger partial charge >= 0.3 is 0 Å². The van der Waals surface area contributed by atoms with Crippen molar-refractivity contribution in [3.63, 3.8) is 0 Å². The van der Waals surface area contributed by atoms with Crippen molar-refractivity contribution >= 4 is 17.1 Å². The number of benzene rings is 2. The molecule has 2 aliphatic rings. The molecule has 3 nitrogen and oxygen atoms in total. The minimum absolute atomic E-state index is 0.248. The van der Waals surface area contributed by atoms with Gasteiger partial charge in [-0.25, -0.2) is 8.78 Å². The van der Waals surface area contributed by atoms with Gasteiger partial charge in [0.05, 0.1) is 11.4 Å². The van der Waals surface area contributed by atoms with E-state index in [1.165, 1.54) is 31.0 Å². The van der Waals surface area contributed by atoms with Gasteiger partial charge in [0, 0.05) is 31.4 Å². The summed E-state index contributed by atoms with van der Waals surface area (Å²) in [6.45, 7) is 3.65. The second kappa shape index (κ2) is 6.40. The Kier molecular flexibility index (Phi) is 4.10. The number of hydrogen-bond acceptors (Lipinski definition) is 3. The third-order valence-corrected chi connectivity index (χ3v) is 4.90. The van der Waals surface area contributed by atoms with E-state index in [9.17, 15) is 8.78 Å². The lowest BCUT2D eigenvalue weighted by atomic mass is 10.1. The smallest absolute Gasteiger partial charge is 0.125 e. The first-order valence-electron chi connectivity index (χ1n) is 8.52. The molecule has 0 radical (unpaired) electrons. The molecule has 2 aliphatic heterocycles. The molecule has 0 spiro atoms. The van der Waals surface area contributed by atoms with E-state index in [4.69, 9.17) is 0 Å². The van der Waals surface area contributed by atoms with Gasteiger partial charge < -0.3 is 15.1 Å². The average Bonchev–Trinajstić information content (AvgIpc) is 3.09. The van der Waals surface area contributed by atoms with E-state index < -0.39 is 0 Å². The van der Waals surface area contributed by atoms with Crippen molar-refractivity contribution in [2.24, 2.45) is 0 Å². The summed E-state index contributed by atoms with van der Waals surface area (Å²) in [7, 11) is 0. The van der Waals surface area contributed by atoms with Crippen molar-refractivity contribution in [1.82, 2.24) is 5.32 Å². The molecule has 1 saturated heterocycles. The summed E-state index contributed by atoms with van der Waals surface area (Å²) in [4.78, 5) is 4.40. The van der Waals surface area contributed by atoms with Crippen LogP contribution in [0.2, 0.25) is 0 Å². The maximum absolute atomic E-state index is 13.9. The van der Waals surface area contributed by atoms with Crippen LogP contribution in [0.1, 0.15) is 12.8 Å². The second-order valence-corrected chi connectivity index (χ2v) is 6.50. The minimum Gasteiger partial charge on any atom is -0.366 e. The Bertz CT molecular complexity index is 711. The average molecular weight is 329 g/mol. The predicted molar refractivity (Wildman–Crippen MR) is 93.0 cm³/mol. The number of fused-ring (bicyclic) bond motifs is 1. The van der Waals surface area contributed by atoms with E-state index in [2.05, 4.69) is 15.1 Å². The molecule has 24 heavy (non-hydrogen) atoms. The molecule has 5 heteroatoms. The Hall–Kier alpha value is -2.14. The van der Waals surface area contributed by atoms with Gasteiger partial charge in [0.1, 0.15) is 11.6 Å². The van der Waals surface area contributed by atoms with Crippen molar-refractivity contribution < 1.29 is 8.78 Å². The number of anilines is 3. The van der Waals surface area contributed by atoms with E-state index in [0.717, 1.165) is 43.2 Å². The highest BCUT2D eigenvalue weighted by atomic mass is 19.1. The topological polar surface area (TPSA) is 18.5 Å². The van der Waals surface area contributed by atoms with Crippen LogP contribution < -0.4 is 15.1 Å². The summed E-state index contributed by atoms with van der Waals surface area (Å²) >= 11 is 0. The first-order valence-corrected chi connectivity index (χ1v) is 8.52. The summed E-state index contributed by atoms with van der Waals surface area (Å²) in [5.41, 5.74) is 2.79. The number of rotatable bonds is 3. The van der Waals surface area contributed by atoms with Crippen LogP contribution in [0, 0.1) is 11.6 Å². The quantitative estimate of drug-likeness (QED) is 0.927. The number of halogens is 2. The van der Waals surface area contributed by atoms with Crippen molar-refractivity contribution in [2.45, 2.75) is 18.9 Å². The van der Waals surface area contributed by atoms with Gasteiger partial charge in [-0.05, 0) is 61.9 Å². The van der Waals surface area contributed by atoms with Crippen LogP contribution in [0.25, 0.3) is 0 Å². The largest absolute Gasteiger partial charge is 0.366 e. The van der Waals surface area contributed by atoms with Gasteiger partial charge in [0.15, 0.2) is 0 Å². The van der Waals surface area contributed by atoms with E-state index in [-0.39, 0.29) is 11.6 Å². The summed E-state index contributed by atoms with van der Waals surface area (Å²) in [5, 5.41) is 3.52. The summed E-state index contributed by atoms with van der Waals surface area (Å²) in [6.07, 6.45) is 2.41. The molecule has 0 saturated carbocycles. The Balaban J connectivity index is 1.66. The van der Waals surface area contributed by atoms with Crippen LogP contribution in [0.3, 0.4) is 0 Å². The fraction of sp³-hybridized carbons (Fsp3) is 0.368. The van der Waals surface area contributed by atoms with Crippen molar-refractivity contribution in [3.8, 4) is 0 Å². The molecule has 2 aromatic carbocycles. The monoisotopic (exact) mass is 329 g/mol. The van der Waals surface area contributed by atoms with Gasteiger partial charge in [-0.2, -0.15) is 0 Å². The van der Waals surface area contributed by atoms with Crippen LogP contribution in [0.4, 0.5) is 25.8 Å². The zero-order chi connectivity index (χ0) is 16.5. The number of nitrogens with zero attached hydrogens (tertiary/aromatic N) is 2. The molecule has 1 unspecified atom stereocenters. The van der Waals surface area contributed by atoms with Crippen LogP contribution in [-0.4, -0.2) is 32.2 Å². The normalized spacial score (nSPS) is 20.3. The molecule has 2 heterocycles. The van der Waals surface area contributed by atoms with Crippen LogP contribution in [-0.2, 0) is 0 Å². The fourth-order valence-corrected chi connectivity index (χ4v) is 3.70. The van der Waals surface area contributed by atoms with E-state index in [0.29, 0.717) is 6.04 Å². The maximum atomic E-state index is 13.9. The molecule has 0 amide bonds. The molecule has 1 fully saturated rings. The molecule has 0 aromatic heterocycles. The SMILES string of the molecule is Fc1ccc(N2CCN(CC3CCCN3)c3ccc(F)cc32)cc1. The molecular weight excluding hydrogens is 308 g/mol. The third kappa shape index (κ3) is 2.96. The van der Waals surface area contributed by atoms with Crippen molar-refractivity contribution in [3.05, 3.63) is 54.1 Å². The lowest BCUT2D eigenvalue weighted by Crippen LogP contribution is -2.44. The highest BCUT2D eigenvalue weighted by Crippen LogP contribution is 2.38. The first-order chi connectivity index (χ1) is 11.7. The zero-order valence-corrected chi connectivity index (χ0v) is 13.5. The molecule has 4 rings (SSSR count). The molecule has 1 N–H and O–H groups in total. The Labute approximate surface area is 140 Å². The van der Waals surface area contributed by atoms with E-state index in [1.54, 1.807) is 18.2 Å². The lowest BCUT2D eigenvalue weighted by molar-refractivity contribution is 0.574.